The summed E-state index contributed by atoms with van der Waals surface area (Å²) in [6.07, 6.45) is -1.04. The third kappa shape index (κ3) is 6.16. The van der Waals surface area contributed by atoms with E-state index in [4.69, 9.17) is 9.26 Å². The highest BCUT2D eigenvalue weighted by Gasteiger charge is 2.18. The lowest BCUT2D eigenvalue weighted by Gasteiger charge is -2.17. The molecule has 0 aliphatic heterocycles. The van der Waals surface area contributed by atoms with Gasteiger partial charge >= 0.3 is 6.03 Å². The van der Waals surface area contributed by atoms with Gasteiger partial charge < -0.3 is 14.6 Å². The number of H-pyrrole nitrogens is 1. The van der Waals surface area contributed by atoms with E-state index in [0.717, 1.165) is 22.4 Å². The van der Waals surface area contributed by atoms with Crippen molar-refractivity contribution < 1.29 is 23.2 Å². The Bertz CT molecular complexity index is 1580. The molecule has 0 saturated carbocycles. The van der Waals surface area contributed by atoms with E-state index in [9.17, 15) is 14.0 Å². The molecule has 0 radical (unpaired) electrons. The molecular weight excluding hydrogens is 503 g/mol. The molecule has 0 saturated heterocycles. The third-order valence-electron chi connectivity index (χ3n) is 5.84. The van der Waals surface area contributed by atoms with Crippen LogP contribution in [0.5, 0.6) is 0 Å². The molecule has 0 aliphatic rings. The maximum Gasteiger partial charge on any atom is 0.323 e. The second-order valence-corrected chi connectivity index (χ2v) is 8.66. The molecule has 0 fully saturated rings. The second-order valence-electron chi connectivity index (χ2n) is 8.66. The number of urea groups is 1. The van der Waals surface area contributed by atoms with E-state index in [0.29, 0.717) is 5.56 Å². The summed E-state index contributed by atoms with van der Waals surface area (Å²) in [5, 5.41) is 15.9. The van der Waals surface area contributed by atoms with Gasteiger partial charge in [-0.15, -0.1) is 0 Å². The average Bonchev–Trinajstić information content (AvgIpc) is 3.60. The summed E-state index contributed by atoms with van der Waals surface area (Å²) in [4.78, 5) is 27.8. The van der Waals surface area contributed by atoms with E-state index in [1.807, 2.05) is 61.5 Å². The summed E-state index contributed by atoms with van der Waals surface area (Å²) < 4.78 is 25.3. The number of aromatic amines is 1. The Hall–Kier alpha value is -5.32. The molecule has 39 heavy (non-hydrogen) atoms. The lowest BCUT2D eigenvalue weighted by molar-refractivity contribution is -0.134. The van der Waals surface area contributed by atoms with Crippen molar-refractivity contribution in [2.75, 3.05) is 5.32 Å². The Morgan fingerprint density at radius 1 is 1.08 bits per heavy atom. The molecule has 5 rings (SSSR count). The molecule has 2 heterocycles. The number of rotatable bonds is 9. The maximum absolute atomic E-state index is 15.0. The molecule has 0 spiro atoms. The van der Waals surface area contributed by atoms with E-state index in [2.05, 4.69) is 31.0 Å². The van der Waals surface area contributed by atoms with Crippen LogP contribution in [0.15, 0.2) is 83.4 Å². The Labute approximate surface area is 222 Å². The van der Waals surface area contributed by atoms with E-state index in [1.54, 1.807) is 12.1 Å². The fraction of sp³-hybridized carbons (Fsp3) is 0.107. The molecule has 3 aromatic carbocycles. The van der Waals surface area contributed by atoms with Crippen LogP contribution in [0.3, 0.4) is 0 Å². The number of carbonyl (C=O) groups excluding carboxylic acids is 2. The first-order chi connectivity index (χ1) is 19.0. The number of nitrogens with one attached hydrogen (secondary N) is 3. The number of ether oxygens (including phenoxy) is 1. The van der Waals surface area contributed by atoms with Gasteiger partial charge in [-0.2, -0.15) is 10.1 Å². The molecular formula is C28H23FN6O4. The summed E-state index contributed by atoms with van der Waals surface area (Å²) in [5.74, 6) is 0.0531. The van der Waals surface area contributed by atoms with Crippen LogP contribution in [0.4, 0.5) is 15.0 Å². The highest BCUT2D eigenvalue weighted by molar-refractivity contribution is 5.89. The second kappa shape index (κ2) is 11.4. The molecule has 2 aromatic heterocycles. The molecule has 2 amide bonds. The number of hydrogen-bond acceptors (Lipinski definition) is 7. The van der Waals surface area contributed by atoms with Gasteiger partial charge in [0.1, 0.15) is 5.82 Å². The van der Waals surface area contributed by atoms with Crippen molar-refractivity contribution in [1.82, 2.24) is 25.7 Å². The van der Waals surface area contributed by atoms with Gasteiger partial charge in [0.2, 0.25) is 5.82 Å². The third-order valence-corrected chi connectivity index (χ3v) is 5.84. The van der Waals surface area contributed by atoms with Gasteiger partial charge in [0.15, 0.2) is 12.0 Å². The van der Waals surface area contributed by atoms with Crippen molar-refractivity contribution >= 4 is 18.3 Å². The molecule has 196 valence electrons. The van der Waals surface area contributed by atoms with E-state index >= 15 is 0 Å². The van der Waals surface area contributed by atoms with E-state index in [1.165, 1.54) is 12.1 Å². The van der Waals surface area contributed by atoms with Crippen molar-refractivity contribution in [3.63, 3.8) is 0 Å². The van der Waals surface area contributed by atoms with E-state index < -0.39 is 18.1 Å². The highest BCUT2D eigenvalue weighted by Crippen LogP contribution is 2.25. The summed E-state index contributed by atoms with van der Waals surface area (Å²) >= 11 is 0. The minimum absolute atomic E-state index is 0.0139. The topological polar surface area (TPSA) is 135 Å². The molecule has 10 nitrogen and oxygen atoms in total. The molecule has 0 aliphatic carbocycles. The molecule has 0 bridgehead atoms. The predicted molar refractivity (Wildman–Crippen MR) is 141 cm³/mol. The first-order valence-electron chi connectivity index (χ1n) is 12.0. The van der Waals surface area contributed by atoms with Gasteiger partial charge in [0.05, 0.1) is 11.3 Å². The largest absolute Gasteiger partial charge is 0.443 e. The van der Waals surface area contributed by atoms with Gasteiger partial charge in [-0.3, -0.25) is 15.2 Å². The Morgan fingerprint density at radius 2 is 1.87 bits per heavy atom. The molecule has 1 unspecified atom stereocenters. The normalized spacial score (nSPS) is 11.5. The number of hydrogen-bond donors (Lipinski definition) is 3. The zero-order valence-electron chi connectivity index (χ0n) is 20.7. The van der Waals surface area contributed by atoms with Crippen molar-refractivity contribution in [2.45, 2.75) is 19.6 Å². The first kappa shape index (κ1) is 25.3. The number of benzene rings is 3. The van der Waals surface area contributed by atoms with Crippen LogP contribution in [0.25, 0.3) is 34.1 Å². The van der Waals surface area contributed by atoms with Gasteiger partial charge in [-0.25, -0.2) is 9.18 Å². The quantitative estimate of drug-likeness (QED) is 0.180. The molecule has 5 aromatic rings. The summed E-state index contributed by atoms with van der Waals surface area (Å²) in [6, 6.07) is 22.4. The Morgan fingerprint density at radius 3 is 2.62 bits per heavy atom. The standard InChI is InChI=1S/C28H23FN6O4/c1-17-7-10-20(11-8-17)27-32-26(35-39-27)21-12-9-18(13-22(21)29)14-25(38-16-36)31-28(37)30-24-15-23(33-34-24)19-5-3-2-4-6-19/h2-13,15-16,25H,14H2,1H3,(H3,30,31,33,34,37). The van der Waals surface area contributed by atoms with Crippen LogP contribution in [0.1, 0.15) is 11.1 Å². The van der Waals surface area contributed by atoms with Gasteiger partial charge in [0, 0.05) is 18.1 Å². The minimum atomic E-state index is -1.06. The van der Waals surface area contributed by atoms with Crippen molar-refractivity contribution in [2.24, 2.45) is 0 Å². The van der Waals surface area contributed by atoms with Crippen LogP contribution < -0.4 is 10.6 Å². The summed E-state index contributed by atoms with van der Waals surface area (Å²) in [6.45, 7) is 2.18. The zero-order valence-corrected chi connectivity index (χ0v) is 20.7. The number of nitrogens with zero attached hydrogens (tertiary/aromatic N) is 3. The first-order valence-corrected chi connectivity index (χ1v) is 12.0. The number of anilines is 1. The van der Waals surface area contributed by atoms with Crippen LogP contribution in [-0.4, -0.2) is 39.1 Å². The lowest BCUT2D eigenvalue weighted by Crippen LogP contribution is -2.41. The van der Waals surface area contributed by atoms with Crippen molar-refractivity contribution in [3.8, 4) is 34.1 Å². The van der Waals surface area contributed by atoms with Crippen LogP contribution in [0.2, 0.25) is 0 Å². The number of aryl methyl sites for hydroxylation is 1. The molecule has 1 atom stereocenters. The van der Waals surface area contributed by atoms with E-state index in [-0.39, 0.29) is 36.0 Å². The summed E-state index contributed by atoms with van der Waals surface area (Å²) in [7, 11) is 0. The number of halogens is 1. The van der Waals surface area contributed by atoms with Gasteiger partial charge in [-0.05, 0) is 42.3 Å². The Balaban J connectivity index is 1.23. The number of carbonyl (C=O) groups is 2. The molecule has 3 N–H and O–H groups in total. The van der Waals surface area contributed by atoms with Crippen molar-refractivity contribution in [3.05, 3.63) is 95.8 Å². The van der Waals surface area contributed by atoms with Crippen LogP contribution >= 0.6 is 0 Å². The summed E-state index contributed by atoms with van der Waals surface area (Å²) in [5.41, 5.74) is 4.04. The lowest BCUT2D eigenvalue weighted by atomic mass is 10.1. The monoisotopic (exact) mass is 526 g/mol. The van der Waals surface area contributed by atoms with Gasteiger partial charge in [-0.1, -0.05) is 59.3 Å². The van der Waals surface area contributed by atoms with Crippen molar-refractivity contribution in [1.29, 1.82) is 0 Å². The Kier molecular flexibility index (Phi) is 7.39. The smallest absolute Gasteiger partial charge is 0.323 e. The van der Waals surface area contributed by atoms with Crippen LogP contribution in [0, 0.1) is 12.7 Å². The highest BCUT2D eigenvalue weighted by atomic mass is 19.1. The number of aromatic nitrogens is 4. The molecule has 11 heteroatoms. The minimum Gasteiger partial charge on any atom is -0.443 e. The number of amides is 2. The maximum atomic E-state index is 15.0. The van der Waals surface area contributed by atoms with Crippen LogP contribution in [-0.2, 0) is 16.0 Å². The predicted octanol–water partition coefficient (Wildman–Crippen LogP) is 5.10. The fourth-order valence-electron chi connectivity index (χ4n) is 3.88. The average molecular weight is 527 g/mol. The fourth-order valence-corrected chi connectivity index (χ4v) is 3.88. The van der Waals surface area contributed by atoms with Gasteiger partial charge in [0.25, 0.3) is 12.4 Å². The zero-order chi connectivity index (χ0) is 27.2. The SMILES string of the molecule is Cc1ccc(-c2nc(-c3ccc(CC(NC(=O)Nc4cc(-c5ccccc5)[nH]n4)OC=O)cc3F)no2)cc1.